The van der Waals surface area contributed by atoms with Crippen molar-refractivity contribution in [3.63, 3.8) is 0 Å². The molecule has 0 aliphatic heterocycles. The standard InChI is InChI=1S/C13H19BrFNO/c1-3-16-8-7-13(2,17)9-10-5-4-6-11(15)12(10)14/h4-6,16-17H,3,7-9H2,1-2H3. The van der Waals surface area contributed by atoms with Gasteiger partial charge in [0.15, 0.2) is 0 Å². The lowest BCUT2D eigenvalue weighted by molar-refractivity contribution is 0.0515. The summed E-state index contributed by atoms with van der Waals surface area (Å²) in [6, 6.07) is 4.89. The van der Waals surface area contributed by atoms with Gasteiger partial charge in [-0.1, -0.05) is 19.1 Å². The molecule has 0 aliphatic rings. The number of rotatable bonds is 6. The summed E-state index contributed by atoms with van der Waals surface area (Å²) >= 11 is 3.21. The van der Waals surface area contributed by atoms with E-state index in [0.717, 1.165) is 18.7 Å². The lowest BCUT2D eigenvalue weighted by Crippen LogP contribution is -2.32. The monoisotopic (exact) mass is 303 g/mol. The van der Waals surface area contributed by atoms with Gasteiger partial charge >= 0.3 is 0 Å². The van der Waals surface area contributed by atoms with E-state index in [-0.39, 0.29) is 5.82 Å². The molecule has 0 aromatic heterocycles. The van der Waals surface area contributed by atoms with Gasteiger partial charge in [0.1, 0.15) is 5.82 Å². The molecule has 1 aromatic carbocycles. The molecule has 0 aliphatic carbocycles. The first-order valence-electron chi connectivity index (χ1n) is 5.82. The van der Waals surface area contributed by atoms with E-state index in [2.05, 4.69) is 21.2 Å². The van der Waals surface area contributed by atoms with Crippen LogP contribution in [0.15, 0.2) is 22.7 Å². The van der Waals surface area contributed by atoms with Crippen molar-refractivity contribution >= 4 is 15.9 Å². The van der Waals surface area contributed by atoms with Crippen molar-refractivity contribution in [1.82, 2.24) is 5.32 Å². The van der Waals surface area contributed by atoms with Gasteiger partial charge in [0.05, 0.1) is 10.1 Å². The van der Waals surface area contributed by atoms with E-state index >= 15 is 0 Å². The fourth-order valence-electron chi connectivity index (χ4n) is 1.72. The van der Waals surface area contributed by atoms with Gasteiger partial charge < -0.3 is 10.4 Å². The fourth-order valence-corrected chi connectivity index (χ4v) is 2.12. The molecule has 96 valence electrons. The first kappa shape index (κ1) is 14.6. The van der Waals surface area contributed by atoms with Crippen LogP contribution in [0.25, 0.3) is 0 Å². The van der Waals surface area contributed by atoms with Crippen molar-refractivity contribution < 1.29 is 9.50 Å². The van der Waals surface area contributed by atoms with Crippen molar-refractivity contribution in [2.75, 3.05) is 13.1 Å². The van der Waals surface area contributed by atoms with Crippen molar-refractivity contribution in [1.29, 1.82) is 0 Å². The van der Waals surface area contributed by atoms with Crippen LogP contribution < -0.4 is 5.32 Å². The second-order valence-electron chi connectivity index (χ2n) is 4.49. The van der Waals surface area contributed by atoms with Crippen LogP contribution in [0.5, 0.6) is 0 Å². The maximum atomic E-state index is 13.3. The predicted molar refractivity (Wildman–Crippen MR) is 71.6 cm³/mol. The third kappa shape index (κ3) is 4.74. The van der Waals surface area contributed by atoms with Crippen LogP contribution in [0.1, 0.15) is 25.8 Å². The van der Waals surface area contributed by atoms with Crippen molar-refractivity contribution in [3.05, 3.63) is 34.1 Å². The van der Waals surface area contributed by atoms with E-state index in [1.54, 1.807) is 13.0 Å². The molecule has 4 heteroatoms. The second kappa shape index (κ2) is 6.47. The summed E-state index contributed by atoms with van der Waals surface area (Å²) in [5, 5.41) is 13.4. The highest BCUT2D eigenvalue weighted by molar-refractivity contribution is 9.10. The second-order valence-corrected chi connectivity index (χ2v) is 5.28. The van der Waals surface area contributed by atoms with E-state index in [1.165, 1.54) is 6.07 Å². The molecule has 0 saturated carbocycles. The summed E-state index contributed by atoms with van der Waals surface area (Å²) in [4.78, 5) is 0. The average Bonchev–Trinajstić information content (AvgIpc) is 2.25. The Hall–Kier alpha value is -0.450. The molecule has 0 saturated heterocycles. The van der Waals surface area contributed by atoms with Crippen LogP contribution in [-0.4, -0.2) is 23.8 Å². The molecule has 0 fully saturated rings. The first-order chi connectivity index (χ1) is 7.96. The first-order valence-corrected chi connectivity index (χ1v) is 6.61. The van der Waals surface area contributed by atoms with E-state index in [1.807, 2.05) is 13.0 Å². The highest BCUT2D eigenvalue weighted by Gasteiger charge is 2.22. The largest absolute Gasteiger partial charge is 0.390 e. The number of hydrogen-bond acceptors (Lipinski definition) is 2. The summed E-state index contributed by atoms with van der Waals surface area (Å²) in [7, 11) is 0. The molecule has 0 amide bonds. The SMILES string of the molecule is CCNCCC(C)(O)Cc1cccc(F)c1Br. The summed E-state index contributed by atoms with van der Waals surface area (Å²) in [5.41, 5.74) is -0.0233. The third-order valence-electron chi connectivity index (χ3n) is 2.69. The quantitative estimate of drug-likeness (QED) is 0.792. The zero-order valence-electron chi connectivity index (χ0n) is 10.3. The van der Waals surface area contributed by atoms with Crippen LogP contribution in [-0.2, 0) is 6.42 Å². The molecule has 0 heterocycles. The van der Waals surface area contributed by atoms with Gasteiger partial charge in [-0.25, -0.2) is 4.39 Å². The lowest BCUT2D eigenvalue weighted by atomic mass is 9.93. The molecule has 1 unspecified atom stereocenters. The highest BCUT2D eigenvalue weighted by Crippen LogP contribution is 2.25. The van der Waals surface area contributed by atoms with Gasteiger partial charge in [-0.2, -0.15) is 0 Å². The number of hydrogen-bond donors (Lipinski definition) is 2. The zero-order valence-corrected chi connectivity index (χ0v) is 11.8. The number of aliphatic hydroxyl groups is 1. The lowest BCUT2D eigenvalue weighted by Gasteiger charge is -2.24. The van der Waals surface area contributed by atoms with E-state index < -0.39 is 5.60 Å². The molecular formula is C13H19BrFNO. The van der Waals surface area contributed by atoms with Gasteiger partial charge in [0.25, 0.3) is 0 Å². The molecule has 0 radical (unpaired) electrons. The minimum absolute atomic E-state index is 0.287. The smallest absolute Gasteiger partial charge is 0.137 e. The summed E-state index contributed by atoms with van der Waals surface area (Å²) < 4.78 is 13.8. The topological polar surface area (TPSA) is 32.3 Å². The third-order valence-corrected chi connectivity index (χ3v) is 3.58. The molecule has 0 bridgehead atoms. The van der Waals surface area contributed by atoms with E-state index in [4.69, 9.17) is 0 Å². The molecular weight excluding hydrogens is 285 g/mol. The Kier molecular flexibility index (Phi) is 5.56. The van der Waals surface area contributed by atoms with Gasteiger partial charge in [0.2, 0.25) is 0 Å². The molecule has 2 nitrogen and oxygen atoms in total. The van der Waals surface area contributed by atoms with Gasteiger partial charge in [-0.3, -0.25) is 0 Å². The number of nitrogens with one attached hydrogen (secondary N) is 1. The van der Waals surface area contributed by atoms with Gasteiger partial charge in [-0.15, -0.1) is 0 Å². The van der Waals surface area contributed by atoms with E-state index in [9.17, 15) is 9.50 Å². The predicted octanol–water partition coefficient (Wildman–Crippen LogP) is 2.88. The van der Waals surface area contributed by atoms with Crippen LogP contribution in [0, 0.1) is 5.82 Å². The Balaban J connectivity index is 2.65. The number of benzene rings is 1. The van der Waals surface area contributed by atoms with Crippen LogP contribution in [0.4, 0.5) is 4.39 Å². The Labute approximate surface area is 110 Å². The number of halogens is 2. The van der Waals surface area contributed by atoms with Crippen molar-refractivity contribution in [2.24, 2.45) is 0 Å². The maximum Gasteiger partial charge on any atom is 0.137 e. The van der Waals surface area contributed by atoms with Gasteiger partial charge in [-0.05, 0) is 54.0 Å². The summed E-state index contributed by atoms with van der Waals surface area (Å²) in [6.07, 6.45) is 1.08. The maximum absolute atomic E-state index is 13.3. The molecule has 1 atom stereocenters. The van der Waals surface area contributed by atoms with E-state index in [0.29, 0.717) is 17.3 Å². The molecule has 1 rings (SSSR count). The molecule has 17 heavy (non-hydrogen) atoms. The van der Waals surface area contributed by atoms with Crippen LogP contribution in [0.3, 0.4) is 0 Å². The Bertz CT molecular complexity index is 368. The molecule has 2 N–H and O–H groups in total. The molecule has 0 spiro atoms. The minimum Gasteiger partial charge on any atom is -0.390 e. The Morgan fingerprint density at radius 3 is 2.82 bits per heavy atom. The Morgan fingerprint density at radius 1 is 1.47 bits per heavy atom. The normalized spacial score (nSPS) is 14.6. The molecule has 1 aromatic rings. The van der Waals surface area contributed by atoms with Crippen molar-refractivity contribution in [3.8, 4) is 0 Å². The van der Waals surface area contributed by atoms with Crippen LogP contribution in [0.2, 0.25) is 0 Å². The fraction of sp³-hybridized carbons (Fsp3) is 0.538. The highest BCUT2D eigenvalue weighted by atomic mass is 79.9. The van der Waals surface area contributed by atoms with Gasteiger partial charge in [0, 0.05) is 6.42 Å². The average molecular weight is 304 g/mol. The summed E-state index contributed by atoms with van der Waals surface area (Å²) in [6.45, 7) is 5.45. The Morgan fingerprint density at radius 2 is 2.18 bits per heavy atom. The van der Waals surface area contributed by atoms with Crippen molar-refractivity contribution in [2.45, 2.75) is 32.3 Å². The summed E-state index contributed by atoms with van der Waals surface area (Å²) in [5.74, 6) is -0.287. The minimum atomic E-state index is -0.821. The zero-order chi connectivity index (χ0) is 12.9. The van der Waals surface area contributed by atoms with Crippen LogP contribution >= 0.6 is 15.9 Å².